The molecule has 2 aromatic rings. The summed E-state index contributed by atoms with van der Waals surface area (Å²) in [6.45, 7) is 1.35. The van der Waals surface area contributed by atoms with E-state index >= 15 is 0 Å². The van der Waals surface area contributed by atoms with E-state index in [2.05, 4.69) is 20.0 Å². The first kappa shape index (κ1) is 14.6. The van der Waals surface area contributed by atoms with Crippen LogP contribution < -0.4 is 14.8 Å². The molecule has 0 fully saturated rings. The number of ether oxygens (including phenoxy) is 2. The Kier molecular flexibility index (Phi) is 5.20. The molecule has 7 heteroatoms. The van der Waals surface area contributed by atoms with Gasteiger partial charge in [-0.2, -0.15) is 4.98 Å². The van der Waals surface area contributed by atoms with Crippen molar-refractivity contribution in [2.75, 3.05) is 20.8 Å². The largest absolute Gasteiger partial charge is 0.493 e. The smallest absolute Gasteiger partial charge is 0.213 e. The van der Waals surface area contributed by atoms with Crippen LogP contribution in [0.2, 0.25) is 5.02 Å². The standard InChI is InChI=1S/C13H16ClN3O3/c1-18-10-4-3-9(12(14)13(10)19-2)7-15-6-5-11-16-8-20-17-11/h3-4,8,15H,5-7H2,1-2H3. The molecule has 0 saturated heterocycles. The predicted octanol–water partition coefficient (Wildman–Crippen LogP) is 2.07. The second kappa shape index (κ2) is 7.12. The highest BCUT2D eigenvalue weighted by atomic mass is 35.5. The van der Waals surface area contributed by atoms with Crippen LogP contribution in [0.3, 0.4) is 0 Å². The Bertz CT molecular complexity index is 546. The summed E-state index contributed by atoms with van der Waals surface area (Å²) in [5.41, 5.74) is 0.942. The summed E-state index contributed by atoms with van der Waals surface area (Å²) in [7, 11) is 3.15. The summed E-state index contributed by atoms with van der Waals surface area (Å²) in [5, 5.41) is 7.56. The molecule has 1 heterocycles. The summed E-state index contributed by atoms with van der Waals surface area (Å²) in [5.74, 6) is 1.84. The second-order valence-corrected chi connectivity index (χ2v) is 4.43. The predicted molar refractivity (Wildman–Crippen MR) is 74.3 cm³/mol. The summed E-state index contributed by atoms with van der Waals surface area (Å²) in [6.07, 6.45) is 2.02. The Hall–Kier alpha value is -1.79. The minimum Gasteiger partial charge on any atom is -0.493 e. The van der Waals surface area contributed by atoms with Gasteiger partial charge >= 0.3 is 0 Å². The van der Waals surface area contributed by atoms with E-state index in [9.17, 15) is 0 Å². The van der Waals surface area contributed by atoms with Crippen LogP contribution in [0.4, 0.5) is 0 Å². The van der Waals surface area contributed by atoms with Crippen LogP contribution in [0.1, 0.15) is 11.4 Å². The topological polar surface area (TPSA) is 69.4 Å². The van der Waals surface area contributed by atoms with Gasteiger partial charge < -0.3 is 19.3 Å². The van der Waals surface area contributed by atoms with E-state index in [1.54, 1.807) is 14.2 Å². The van der Waals surface area contributed by atoms with Crippen molar-refractivity contribution in [1.29, 1.82) is 0 Å². The Balaban J connectivity index is 1.92. The number of nitrogens with one attached hydrogen (secondary N) is 1. The quantitative estimate of drug-likeness (QED) is 0.789. The van der Waals surface area contributed by atoms with Crippen molar-refractivity contribution in [2.24, 2.45) is 0 Å². The van der Waals surface area contributed by atoms with Crippen molar-refractivity contribution in [3.05, 3.63) is 34.9 Å². The average molecular weight is 298 g/mol. The first-order valence-electron chi connectivity index (χ1n) is 6.11. The zero-order valence-corrected chi connectivity index (χ0v) is 12.1. The van der Waals surface area contributed by atoms with E-state index in [1.807, 2.05) is 12.1 Å². The van der Waals surface area contributed by atoms with Crippen LogP contribution in [0.15, 0.2) is 23.0 Å². The van der Waals surface area contributed by atoms with Crippen LogP contribution in [-0.2, 0) is 13.0 Å². The summed E-state index contributed by atoms with van der Waals surface area (Å²) in [6, 6.07) is 3.74. The fraction of sp³-hybridized carbons (Fsp3) is 0.385. The molecule has 1 aromatic heterocycles. The van der Waals surface area contributed by atoms with Crippen LogP contribution >= 0.6 is 11.6 Å². The zero-order chi connectivity index (χ0) is 14.4. The maximum Gasteiger partial charge on any atom is 0.213 e. The number of nitrogens with zero attached hydrogens (tertiary/aromatic N) is 2. The average Bonchev–Trinajstić information content (AvgIpc) is 2.97. The summed E-state index contributed by atoms with van der Waals surface area (Å²) < 4.78 is 15.1. The normalized spacial score (nSPS) is 10.6. The van der Waals surface area contributed by atoms with Gasteiger partial charge in [0.1, 0.15) is 0 Å². The minimum absolute atomic E-state index is 0.548. The van der Waals surface area contributed by atoms with Gasteiger partial charge in [-0.25, -0.2) is 0 Å². The third kappa shape index (κ3) is 3.40. The van der Waals surface area contributed by atoms with Crippen molar-refractivity contribution < 1.29 is 14.0 Å². The van der Waals surface area contributed by atoms with E-state index < -0.39 is 0 Å². The molecule has 0 bridgehead atoms. The molecule has 0 saturated carbocycles. The van der Waals surface area contributed by atoms with Gasteiger partial charge in [-0.3, -0.25) is 0 Å². The van der Waals surface area contributed by atoms with E-state index in [0.717, 1.165) is 12.1 Å². The molecule has 0 amide bonds. The van der Waals surface area contributed by atoms with Crippen molar-refractivity contribution in [1.82, 2.24) is 15.5 Å². The molecular weight excluding hydrogens is 282 g/mol. The van der Waals surface area contributed by atoms with E-state index in [-0.39, 0.29) is 0 Å². The SMILES string of the molecule is COc1ccc(CNCCc2ncon2)c(Cl)c1OC. The van der Waals surface area contributed by atoms with Gasteiger partial charge in [0.05, 0.1) is 19.2 Å². The first-order chi connectivity index (χ1) is 9.76. The lowest BCUT2D eigenvalue weighted by Crippen LogP contribution is -2.17. The molecule has 0 spiro atoms. The number of benzene rings is 1. The Morgan fingerprint density at radius 3 is 2.80 bits per heavy atom. The highest BCUT2D eigenvalue weighted by Crippen LogP contribution is 2.37. The van der Waals surface area contributed by atoms with Gasteiger partial charge in [0, 0.05) is 19.5 Å². The summed E-state index contributed by atoms with van der Waals surface area (Å²) >= 11 is 6.29. The fourth-order valence-electron chi connectivity index (χ4n) is 1.79. The van der Waals surface area contributed by atoms with E-state index in [4.69, 9.17) is 21.1 Å². The van der Waals surface area contributed by atoms with Gasteiger partial charge in [-0.05, 0) is 11.6 Å². The maximum atomic E-state index is 6.29. The molecule has 0 atom stereocenters. The molecule has 108 valence electrons. The third-order valence-electron chi connectivity index (χ3n) is 2.81. The van der Waals surface area contributed by atoms with Crippen LogP contribution in [0.5, 0.6) is 11.5 Å². The maximum absolute atomic E-state index is 6.29. The number of methoxy groups -OCH3 is 2. The second-order valence-electron chi connectivity index (χ2n) is 4.05. The Morgan fingerprint density at radius 1 is 1.30 bits per heavy atom. The van der Waals surface area contributed by atoms with Gasteiger partial charge in [0.2, 0.25) is 6.39 Å². The van der Waals surface area contributed by atoms with Gasteiger partial charge in [-0.1, -0.05) is 22.8 Å². The Morgan fingerprint density at radius 2 is 2.15 bits per heavy atom. The number of aromatic nitrogens is 2. The van der Waals surface area contributed by atoms with E-state index in [0.29, 0.717) is 35.3 Å². The lowest BCUT2D eigenvalue weighted by Gasteiger charge is -2.13. The van der Waals surface area contributed by atoms with Crippen LogP contribution in [-0.4, -0.2) is 30.9 Å². The molecule has 1 N–H and O–H groups in total. The van der Waals surface area contributed by atoms with Gasteiger partial charge in [0.25, 0.3) is 0 Å². The molecule has 0 aliphatic heterocycles. The molecule has 0 unspecified atom stereocenters. The first-order valence-corrected chi connectivity index (χ1v) is 6.49. The molecule has 20 heavy (non-hydrogen) atoms. The molecule has 1 aromatic carbocycles. The highest BCUT2D eigenvalue weighted by Gasteiger charge is 2.12. The Labute approximate surface area is 122 Å². The molecule has 0 aliphatic rings. The lowest BCUT2D eigenvalue weighted by molar-refractivity contribution is 0.354. The van der Waals surface area contributed by atoms with Crippen molar-refractivity contribution in [2.45, 2.75) is 13.0 Å². The van der Waals surface area contributed by atoms with Crippen molar-refractivity contribution in [3.8, 4) is 11.5 Å². The molecule has 0 aliphatic carbocycles. The number of halogens is 1. The van der Waals surface area contributed by atoms with Crippen LogP contribution in [0, 0.1) is 0 Å². The number of hydrogen-bond acceptors (Lipinski definition) is 6. The van der Waals surface area contributed by atoms with E-state index in [1.165, 1.54) is 6.39 Å². The van der Waals surface area contributed by atoms with Gasteiger partial charge in [0.15, 0.2) is 17.3 Å². The number of hydrogen-bond donors (Lipinski definition) is 1. The number of rotatable bonds is 7. The van der Waals surface area contributed by atoms with Crippen molar-refractivity contribution in [3.63, 3.8) is 0 Å². The minimum atomic E-state index is 0.548. The fourth-order valence-corrected chi connectivity index (χ4v) is 2.09. The third-order valence-corrected chi connectivity index (χ3v) is 3.23. The zero-order valence-electron chi connectivity index (χ0n) is 11.4. The van der Waals surface area contributed by atoms with Crippen LogP contribution in [0.25, 0.3) is 0 Å². The lowest BCUT2D eigenvalue weighted by atomic mass is 10.2. The molecule has 6 nitrogen and oxygen atoms in total. The molecule has 0 radical (unpaired) electrons. The van der Waals surface area contributed by atoms with Gasteiger partial charge in [-0.15, -0.1) is 0 Å². The molecule has 2 rings (SSSR count). The monoisotopic (exact) mass is 297 g/mol. The highest BCUT2D eigenvalue weighted by molar-refractivity contribution is 6.33. The van der Waals surface area contributed by atoms with Crippen molar-refractivity contribution >= 4 is 11.6 Å². The molecular formula is C13H16ClN3O3. The summed E-state index contributed by atoms with van der Waals surface area (Å²) in [4.78, 5) is 3.95.